The van der Waals surface area contributed by atoms with E-state index in [9.17, 15) is 9.90 Å². The van der Waals surface area contributed by atoms with Crippen molar-refractivity contribution in [1.29, 1.82) is 0 Å². The van der Waals surface area contributed by atoms with Gasteiger partial charge in [0.25, 0.3) is 5.91 Å². The fourth-order valence-electron chi connectivity index (χ4n) is 2.44. The van der Waals surface area contributed by atoms with Crippen molar-refractivity contribution >= 4 is 11.6 Å². The molecule has 20 heavy (non-hydrogen) atoms. The van der Waals surface area contributed by atoms with Crippen molar-refractivity contribution < 1.29 is 9.90 Å². The third-order valence-electron chi connectivity index (χ3n) is 4.13. The van der Waals surface area contributed by atoms with E-state index >= 15 is 0 Å². The lowest BCUT2D eigenvalue weighted by molar-refractivity contribution is -0.0233. The summed E-state index contributed by atoms with van der Waals surface area (Å²) >= 11 is 0. The molecule has 1 aromatic rings. The summed E-state index contributed by atoms with van der Waals surface area (Å²) in [6.45, 7) is 4.70. The van der Waals surface area contributed by atoms with E-state index < -0.39 is 5.60 Å². The van der Waals surface area contributed by atoms with Gasteiger partial charge < -0.3 is 16.2 Å². The smallest absolute Gasteiger partial charge is 0.269 e. The number of hydrogen-bond donors (Lipinski definition) is 3. The molecule has 1 saturated carbocycles. The van der Waals surface area contributed by atoms with Crippen LogP contribution in [0.1, 0.15) is 50.0 Å². The van der Waals surface area contributed by atoms with Gasteiger partial charge in [0.05, 0.1) is 17.5 Å². The Kier molecular flexibility index (Phi) is 3.99. The molecule has 2 rings (SSSR count). The maximum absolute atomic E-state index is 11.9. The van der Waals surface area contributed by atoms with E-state index in [1.807, 2.05) is 0 Å². The summed E-state index contributed by atoms with van der Waals surface area (Å²) in [4.78, 5) is 15.9. The molecular formula is C15H23N3O2. The van der Waals surface area contributed by atoms with E-state index in [1.165, 1.54) is 6.20 Å². The Morgan fingerprint density at radius 3 is 2.55 bits per heavy atom. The van der Waals surface area contributed by atoms with Gasteiger partial charge in [0.1, 0.15) is 5.69 Å². The largest absolute Gasteiger partial charge is 0.397 e. The van der Waals surface area contributed by atoms with Gasteiger partial charge in [-0.2, -0.15) is 0 Å². The Labute approximate surface area is 119 Å². The molecule has 1 aliphatic rings. The molecule has 1 aromatic heterocycles. The number of nitrogens with one attached hydrogen (secondary N) is 1. The van der Waals surface area contributed by atoms with Crippen LogP contribution in [-0.2, 0) is 0 Å². The monoisotopic (exact) mass is 277 g/mol. The van der Waals surface area contributed by atoms with Crippen LogP contribution in [-0.4, -0.2) is 28.1 Å². The van der Waals surface area contributed by atoms with Gasteiger partial charge in [0, 0.05) is 6.54 Å². The standard InChI is InChI=1S/C15H23N3O2/c1-14(2)5-7-15(20,8-6-14)10-18-13(19)12-4-3-11(16)9-17-12/h3-4,9,20H,5-8,10,16H2,1-2H3,(H,18,19). The van der Waals surface area contributed by atoms with Crippen molar-refractivity contribution in [2.24, 2.45) is 5.41 Å². The molecule has 0 saturated heterocycles. The SMILES string of the molecule is CC1(C)CCC(O)(CNC(=O)c2ccc(N)cn2)CC1. The molecular weight excluding hydrogens is 254 g/mol. The first kappa shape index (κ1) is 14.8. The predicted molar refractivity (Wildman–Crippen MR) is 78.2 cm³/mol. The number of nitrogens with two attached hydrogens (primary N) is 1. The highest BCUT2D eigenvalue weighted by atomic mass is 16.3. The van der Waals surface area contributed by atoms with Gasteiger partial charge in [-0.1, -0.05) is 13.8 Å². The fourth-order valence-corrected chi connectivity index (χ4v) is 2.44. The highest BCUT2D eigenvalue weighted by molar-refractivity contribution is 5.92. The third kappa shape index (κ3) is 3.70. The third-order valence-corrected chi connectivity index (χ3v) is 4.13. The van der Waals surface area contributed by atoms with E-state index in [4.69, 9.17) is 5.73 Å². The number of nitrogen functional groups attached to an aromatic ring is 1. The first-order valence-corrected chi connectivity index (χ1v) is 7.02. The summed E-state index contributed by atoms with van der Waals surface area (Å²) in [6, 6.07) is 3.22. The number of carbonyl (C=O) groups excluding carboxylic acids is 1. The molecule has 110 valence electrons. The minimum Gasteiger partial charge on any atom is -0.397 e. The number of pyridine rings is 1. The summed E-state index contributed by atoms with van der Waals surface area (Å²) in [5, 5.41) is 13.3. The zero-order valence-electron chi connectivity index (χ0n) is 12.1. The normalized spacial score (nSPS) is 20.4. The molecule has 4 N–H and O–H groups in total. The Morgan fingerprint density at radius 2 is 2.00 bits per heavy atom. The van der Waals surface area contributed by atoms with Crippen molar-refractivity contribution in [3.8, 4) is 0 Å². The van der Waals surface area contributed by atoms with E-state index in [1.54, 1.807) is 12.1 Å². The summed E-state index contributed by atoms with van der Waals surface area (Å²) in [7, 11) is 0. The van der Waals surface area contributed by atoms with Crippen LogP contribution in [0, 0.1) is 5.41 Å². The van der Waals surface area contributed by atoms with Crippen LogP contribution in [0.3, 0.4) is 0 Å². The number of carbonyl (C=O) groups is 1. The van der Waals surface area contributed by atoms with E-state index in [-0.39, 0.29) is 17.9 Å². The zero-order valence-corrected chi connectivity index (χ0v) is 12.1. The molecule has 5 nitrogen and oxygen atoms in total. The molecule has 0 aliphatic heterocycles. The molecule has 0 spiro atoms. The minimum atomic E-state index is -0.793. The van der Waals surface area contributed by atoms with Gasteiger partial charge in [0.2, 0.25) is 0 Å². The van der Waals surface area contributed by atoms with E-state index in [2.05, 4.69) is 24.1 Å². The number of hydrogen-bond acceptors (Lipinski definition) is 4. The number of nitrogens with zero attached hydrogens (tertiary/aromatic N) is 1. The molecule has 5 heteroatoms. The lowest BCUT2D eigenvalue weighted by atomic mass is 9.71. The highest BCUT2D eigenvalue weighted by Crippen LogP contribution is 2.39. The predicted octanol–water partition coefficient (Wildman–Crippen LogP) is 1.72. The van der Waals surface area contributed by atoms with Gasteiger partial charge in [-0.05, 0) is 43.2 Å². The van der Waals surface area contributed by atoms with Crippen LogP contribution in [0.15, 0.2) is 18.3 Å². The van der Waals surface area contributed by atoms with E-state index in [0.717, 1.165) is 25.7 Å². The molecule has 0 bridgehead atoms. The lowest BCUT2D eigenvalue weighted by Crippen LogP contribution is -2.46. The van der Waals surface area contributed by atoms with Crippen LogP contribution in [0.5, 0.6) is 0 Å². The second kappa shape index (κ2) is 5.40. The second-order valence-corrected chi connectivity index (χ2v) is 6.55. The number of anilines is 1. The van der Waals surface area contributed by atoms with Crippen molar-refractivity contribution in [3.05, 3.63) is 24.0 Å². The molecule has 0 aromatic carbocycles. The van der Waals surface area contributed by atoms with Crippen LogP contribution in [0.25, 0.3) is 0 Å². The number of amides is 1. The maximum Gasteiger partial charge on any atom is 0.269 e. The minimum absolute atomic E-state index is 0.272. The highest BCUT2D eigenvalue weighted by Gasteiger charge is 2.36. The zero-order chi connectivity index (χ0) is 14.8. The first-order valence-electron chi connectivity index (χ1n) is 7.02. The average Bonchev–Trinajstić information content (AvgIpc) is 2.41. The van der Waals surface area contributed by atoms with Crippen LogP contribution in [0.4, 0.5) is 5.69 Å². The Morgan fingerprint density at radius 1 is 1.35 bits per heavy atom. The van der Waals surface area contributed by atoms with Gasteiger partial charge >= 0.3 is 0 Å². The van der Waals surface area contributed by atoms with Crippen LogP contribution < -0.4 is 11.1 Å². The molecule has 1 fully saturated rings. The van der Waals surface area contributed by atoms with Gasteiger partial charge in [-0.3, -0.25) is 4.79 Å². The molecule has 1 aliphatic carbocycles. The van der Waals surface area contributed by atoms with Crippen molar-refractivity contribution in [2.45, 2.75) is 45.1 Å². The number of aliphatic hydroxyl groups is 1. The lowest BCUT2D eigenvalue weighted by Gasteiger charge is -2.40. The molecule has 0 unspecified atom stereocenters. The summed E-state index contributed by atoms with van der Waals surface area (Å²) in [5.41, 5.74) is 5.87. The van der Waals surface area contributed by atoms with Crippen molar-refractivity contribution in [2.75, 3.05) is 12.3 Å². The average molecular weight is 277 g/mol. The summed E-state index contributed by atoms with van der Waals surface area (Å²) in [6.07, 6.45) is 4.83. The van der Waals surface area contributed by atoms with Crippen molar-refractivity contribution in [1.82, 2.24) is 10.3 Å². The Hall–Kier alpha value is -1.62. The maximum atomic E-state index is 11.9. The van der Waals surface area contributed by atoms with Gasteiger partial charge in [-0.15, -0.1) is 0 Å². The quantitative estimate of drug-likeness (QED) is 0.785. The van der Waals surface area contributed by atoms with Gasteiger partial charge in [-0.25, -0.2) is 4.98 Å². The Bertz CT molecular complexity index is 472. The first-order chi connectivity index (χ1) is 9.30. The number of rotatable bonds is 3. The fraction of sp³-hybridized carbons (Fsp3) is 0.600. The molecule has 0 atom stereocenters. The Balaban J connectivity index is 1.89. The number of aromatic nitrogens is 1. The van der Waals surface area contributed by atoms with Gasteiger partial charge in [0.15, 0.2) is 0 Å². The molecule has 0 radical (unpaired) electrons. The summed E-state index contributed by atoms with van der Waals surface area (Å²) in [5.74, 6) is -0.275. The van der Waals surface area contributed by atoms with Crippen molar-refractivity contribution in [3.63, 3.8) is 0 Å². The van der Waals surface area contributed by atoms with Crippen LogP contribution in [0.2, 0.25) is 0 Å². The summed E-state index contributed by atoms with van der Waals surface area (Å²) < 4.78 is 0. The molecule has 1 amide bonds. The topological polar surface area (TPSA) is 88.2 Å². The van der Waals surface area contributed by atoms with Crippen LogP contribution >= 0.6 is 0 Å². The van der Waals surface area contributed by atoms with E-state index in [0.29, 0.717) is 11.4 Å². The molecule has 1 heterocycles. The second-order valence-electron chi connectivity index (χ2n) is 6.55.